The number of benzene rings is 1. The number of carbonyl (C=O) groups is 1. The summed E-state index contributed by atoms with van der Waals surface area (Å²) in [5.41, 5.74) is 6.72. The van der Waals surface area contributed by atoms with E-state index in [0.717, 1.165) is 43.7 Å². The summed E-state index contributed by atoms with van der Waals surface area (Å²) >= 11 is 5.05. The number of nitrogens with two attached hydrogens (primary N) is 1. The molecule has 2 N–H and O–H groups in total. The average Bonchev–Trinajstić information content (AvgIpc) is 2.53. The first-order chi connectivity index (χ1) is 10.2. The van der Waals surface area contributed by atoms with Crippen LogP contribution in [0.3, 0.4) is 0 Å². The summed E-state index contributed by atoms with van der Waals surface area (Å²) in [7, 11) is 0. The van der Waals surface area contributed by atoms with Crippen LogP contribution in [0.5, 0.6) is 5.75 Å². The van der Waals surface area contributed by atoms with Gasteiger partial charge in [-0.1, -0.05) is 30.4 Å². The molecule has 3 rings (SSSR count). The molecule has 2 aliphatic rings. The topological polar surface area (TPSA) is 55.6 Å². The molecule has 1 atom stereocenters. The molecule has 2 heterocycles. The maximum absolute atomic E-state index is 12.8. The summed E-state index contributed by atoms with van der Waals surface area (Å²) in [6.07, 6.45) is 2.52. The van der Waals surface area contributed by atoms with Gasteiger partial charge in [0.1, 0.15) is 5.75 Å². The molecule has 1 amide bonds. The number of carbonyl (C=O) groups excluding carboxylic acids is 1. The van der Waals surface area contributed by atoms with Gasteiger partial charge in [-0.05, 0) is 25.3 Å². The second kappa shape index (κ2) is 6.02. The lowest BCUT2D eigenvalue weighted by atomic mass is 9.90. The van der Waals surface area contributed by atoms with Crippen LogP contribution in [0.4, 0.5) is 0 Å². The second-order valence-corrected chi connectivity index (χ2v) is 6.20. The highest BCUT2D eigenvalue weighted by Crippen LogP contribution is 2.35. The van der Waals surface area contributed by atoms with Crippen molar-refractivity contribution in [2.45, 2.75) is 25.2 Å². The van der Waals surface area contributed by atoms with E-state index in [2.05, 4.69) is 0 Å². The third-order valence-corrected chi connectivity index (χ3v) is 4.80. The van der Waals surface area contributed by atoms with E-state index >= 15 is 0 Å². The minimum atomic E-state index is -0.0728. The van der Waals surface area contributed by atoms with Gasteiger partial charge in [0.05, 0.1) is 17.5 Å². The largest absolute Gasteiger partial charge is 0.493 e. The molecule has 1 fully saturated rings. The van der Waals surface area contributed by atoms with E-state index in [4.69, 9.17) is 22.7 Å². The Morgan fingerprint density at radius 2 is 1.95 bits per heavy atom. The molecule has 0 aromatic heterocycles. The third-order valence-electron chi connectivity index (χ3n) is 4.47. The minimum absolute atomic E-state index is 0.0728. The van der Waals surface area contributed by atoms with Gasteiger partial charge in [0.25, 0.3) is 0 Å². The Morgan fingerprint density at radius 1 is 1.24 bits per heavy atom. The maximum Gasteiger partial charge on any atom is 0.230 e. The van der Waals surface area contributed by atoms with Crippen molar-refractivity contribution < 1.29 is 9.53 Å². The molecule has 21 heavy (non-hydrogen) atoms. The Labute approximate surface area is 130 Å². The Morgan fingerprint density at radius 3 is 2.67 bits per heavy atom. The van der Waals surface area contributed by atoms with E-state index in [9.17, 15) is 4.79 Å². The van der Waals surface area contributed by atoms with Crippen molar-refractivity contribution in [3.05, 3.63) is 29.8 Å². The van der Waals surface area contributed by atoms with Gasteiger partial charge in [-0.3, -0.25) is 4.79 Å². The fourth-order valence-corrected chi connectivity index (χ4v) is 3.44. The van der Waals surface area contributed by atoms with Crippen molar-refractivity contribution in [1.29, 1.82) is 0 Å². The van der Waals surface area contributed by atoms with Crippen molar-refractivity contribution in [2.24, 2.45) is 11.7 Å². The number of piperidine rings is 1. The van der Waals surface area contributed by atoms with Crippen LogP contribution in [0.1, 0.15) is 30.7 Å². The van der Waals surface area contributed by atoms with E-state index in [-0.39, 0.29) is 17.7 Å². The van der Waals surface area contributed by atoms with Gasteiger partial charge < -0.3 is 15.4 Å². The maximum atomic E-state index is 12.8. The highest BCUT2D eigenvalue weighted by Gasteiger charge is 2.33. The number of hydrogen-bond acceptors (Lipinski definition) is 3. The number of nitrogens with zero attached hydrogens (tertiary/aromatic N) is 1. The lowest BCUT2D eigenvalue weighted by molar-refractivity contribution is -0.134. The molecule has 2 aliphatic heterocycles. The number of thiocarbonyl (C=S) groups is 1. The molecule has 112 valence electrons. The van der Waals surface area contributed by atoms with Crippen LogP contribution in [-0.2, 0) is 4.79 Å². The third kappa shape index (κ3) is 2.88. The number of rotatable bonds is 2. The molecule has 5 heteroatoms. The first kappa shape index (κ1) is 14.3. The molecule has 4 nitrogen and oxygen atoms in total. The summed E-state index contributed by atoms with van der Waals surface area (Å²) in [4.78, 5) is 15.3. The van der Waals surface area contributed by atoms with Crippen LogP contribution < -0.4 is 10.5 Å². The smallest absolute Gasteiger partial charge is 0.230 e. The SMILES string of the molecule is NC(=S)C1CCN(C(=O)C2CCOc3ccccc32)CC1. The molecule has 1 saturated heterocycles. The van der Waals surface area contributed by atoms with Crippen LogP contribution in [0.15, 0.2) is 24.3 Å². The summed E-state index contributed by atoms with van der Waals surface area (Å²) in [6, 6.07) is 7.85. The fraction of sp³-hybridized carbons (Fsp3) is 0.500. The van der Waals surface area contributed by atoms with Gasteiger partial charge in [0.15, 0.2) is 0 Å². The van der Waals surface area contributed by atoms with Crippen LogP contribution in [0.2, 0.25) is 0 Å². The van der Waals surface area contributed by atoms with Crippen LogP contribution in [0, 0.1) is 5.92 Å². The summed E-state index contributed by atoms with van der Waals surface area (Å²) in [5.74, 6) is 1.27. The molecule has 0 bridgehead atoms. The normalized spacial score (nSPS) is 22.3. The summed E-state index contributed by atoms with van der Waals surface area (Å²) in [5, 5.41) is 0. The fourth-order valence-electron chi connectivity index (χ4n) is 3.20. The quantitative estimate of drug-likeness (QED) is 0.850. The Bertz CT molecular complexity index is 553. The van der Waals surface area contributed by atoms with Crippen molar-refractivity contribution in [3.63, 3.8) is 0 Å². The monoisotopic (exact) mass is 304 g/mol. The van der Waals surface area contributed by atoms with E-state index in [1.807, 2.05) is 29.2 Å². The van der Waals surface area contributed by atoms with Gasteiger partial charge in [-0.25, -0.2) is 0 Å². The number of amides is 1. The molecular weight excluding hydrogens is 284 g/mol. The molecular formula is C16H20N2O2S. The zero-order chi connectivity index (χ0) is 14.8. The molecule has 1 aromatic rings. The molecule has 0 spiro atoms. The molecule has 0 saturated carbocycles. The van der Waals surface area contributed by atoms with E-state index in [1.165, 1.54) is 0 Å². The van der Waals surface area contributed by atoms with Crippen molar-refractivity contribution in [2.75, 3.05) is 19.7 Å². The molecule has 1 aromatic carbocycles. The Hall–Kier alpha value is -1.62. The first-order valence-electron chi connectivity index (χ1n) is 7.46. The predicted octanol–water partition coefficient (Wildman–Crippen LogP) is 2.08. The van der Waals surface area contributed by atoms with E-state index in [0.29, 0.717) is 11.6 Å². The Kier molecular flexibility index (Phi) is 4.10. The summed E-state index contributed by atoms with van der Waals surface area (Å²) < 4.78 is 5.64. The predicted molar refractivity (Wildman–Crippen MR) is 85.4 cm³/mol. The number of para-hydroxylation sites is 1. The van der Waals surface area contributed by atoms with E-state index in [1.54, 1.807) is 0 Å². The zero-order valence-electron chi connectivity index (χ0n) is 12.0. The highest BCUT2D eigenvalue weighted by molar-refractivity contribution is 7.80. The molecule has 1 unspecified atom stereocenters. The minimum Gasteiger partial charge on any atom is -0.493 e. The van der Waals surface area contributed by atoms with Crippen molar-refractivity contribution in [1.82, 2.24) is 4.90 Å². The highest BCUT2D eigenvalue weighted by atomic mass is 32.1. The Balaban J connectivity index is 1.71. The van der Waals surface area contributed by atoms with Gasteiger partial charge in [0.2, 0.25) is 5.91 Å². The zero-order valence-corrected chi connectivity index (χ0v) is 12.8. The first-order valence-corrected chi connectivity index (χ1v) is 7.87. The number of ether oxygens (including phenoxy) is 1. The second-order valence-electron chi connectivity index (χ2n) is 5.73. The van der Waals surface area contributed by atoms with E-state index < -0.39 is 0 Å². The standard InChI is InChI=1S/C16H20N2O2S/c17-15(21)11-5-8-18(9-6-11)16(19)13-7-10-20-14-4-2-1-3-12(13)14/h1-4,11,13H,5-10H2,(H2,17,21). The lowest BCUT2D eigenvalue weighted by Gasteiger charge is -2.35. The molecule has 0 aliphatic carbocycles. The van der Waals surface area contributed by atoms with Gasteiger partial charge >= 0.3 is 0 Å². The lowest BCUT2D eigenvalue weighted by Crippen LogP contribution is -2.44. The number of hydrogen-bond donors (Lipinski definition) is 1. The summed E-state index contributed by atoms with van der Waals surface area (Å²) in [6.45, 7) is 2.11. The van der Waals surface area contributed by atoms with Gasteiger partial charge in [-0.2, -0.15) is 0 Å². The van der Waals surface area contributed by atoms with Crippen molar-refractivity contribution >= 4 is 23.1 Å². The number of likely N-dealkylation sites (tertiary alicyclic amines) is 1. The van der Waals surface area contributed by atoms with Crippen LogP contribution >= 0.6 is 12.2 Å². The van der Waals surface area contributed by atoms with Gasteiger partial charge in [-0.15, -0.1) is 0 Å². The average molecular weight is 304 g/mol. The molecule has 0 radical (unpaired) electrons. The van der Waals surface area contributed by atoms with Crippen LogP contribution in [-0.4, -0.2) is 35.5 Å². The van der Waals surface area contributed by atoms with Crippen molar-refractivity contribution in [3.8, 4) is 5.75 Å². The number of fused-ring (bicyclic) bond motifs is 1. The van der Waals surface area contributed by atoms with Crippen LogP contribution in [0.25, 0.3) is 0 Å². The van der Waals surface area contributed by atoms with Gasteiger partial charge in [0, 0.05) is 24.6 Å².